The number of nitrogens with two attached hydrogens (primary N) is 1. The SMILES string of the molecule is Cc1ncsc1-c1ccc(CNC(=O)[C@@H]2C[C@@H](O)CN2C(=O)[C@@H](NC(=O)[C@@H]2CCN(Cc3cnc(N4C5CCC4CN(c4cc(-c6ccccc6O)nnc4N)C5)nc3)C2)C(C)(C)C)cc1. The summed E-state index contributed by atoms with van der Waals surface area (Å²) in [5.74, 6) is -0.0808. The minimum absolute atomic E-state index is 0.0129. The number of nitrogens with zero attached hydrogens (tertiary/aromatic N) is 9. The number of fused-ring (bicyclic) bond motifs is 2. The number of anilines is 3. The van der Waals surface area contributed by atoms with Crippen molar-refractivity contribution in [2.75, 3.05) is 48.3 Å². The second-order valence-electron chi connectivity index (χ2n) is 19.2. The zero-order valence-corrected chi connectivity index (χ0v) is 38.6. The first-order chi connectivity index (χ1) is 31.7. The molecule has 7 heterocycles. The van der Waals surface area contributed by atoms with Crippen LogP contribution in [0.5, 0.6) is 5.75 Å². The number of aromatic hydroxyl groups is 1. The van der Waals surface area contributed by atoms with Crippen LogP contribution in [0.1, 0.15) is 63.3 Å². The van der Waals surface area contributed by atoms with Gasteiger partial charge < -0.3 is 41.3 Å². The van der Waals surface area contributed by atoms with Crippen molar-refractivity contribution in [3.8, 4) is 27.4 Å². The van der Waals surface area contributed by atoms with Gasteiger partial charge in [-0.3, -0.25) is 19.3 Å². The fourth-order valence-electron chi connectivity index (χ4n) is 9.94. The lowest BCUT2D eigenvalue weighted by molar-refractivity contribution is -0.144. The van der Waals surface area contributed by atoms with Crippen LogP contribution in [0.2, 0.25) is 0 Å². The molecule has 346 valence electrons. The lowest BCUT2D eigenvalue weighted by Gasteiger charge is -2.42. The summed E-state index contributed by atoms with van der Waals surface area (Å²) in [7, 11) is 0. The van der Waals surface area contributed by atoms with Crippen molar-refractivity contribution in [2.45, 2.75) is 96.7 Å². The van der Waals surface area contributed by atoms with Gasteiger partial charge in [0.05, 0.1) is 39.5 Å². The molecule has 17 nitrogen and oxygen atoms in total. The molecule has 2 aromatic carbocycles. The smallest absolute Gasteiger partial charge is 0.246 e. The molecule has 0 radical (unpaired) electrons. The number of aliphatic hydroxyl groups excluding tert-OH is 1. The van der Waals surface area contributed by atoms with Gasteiger partial charge in [0.25, 0.3) is 0 Å². The highest BCUT2D eigenvalue weighted by Gasteiger charge is 2.46. The van der Waals surface area contributed by atoms with E-state index >= 15 is 0 Å². The lowest BCUT2D eigenvalue weighted by Crippen LogP contribution is -2.58. The first-order valence-electron chi connectivity index (χ1n) is 22.7. The zero-order chi connectivity index (χ0) is 46.3. The number of hydrogen-bond acceptors (Lipinski definition) is 15. The topological polar surface area (TPSA) is 219 Å². The fourth-order valence-corrected chi connectivity index (χ4v) is 10.8. The van der Waals surface area contributed by atoms with Gasteiger partial charge >= 0.3 is 0 Å². The van der Waals surface area contributed by atoms with Crippen molar-refractivity contribution in [1.82, 2.24) is 45.6 Å². The van der Waals surface area contributed by atoms with Gasteiger partial charge in [0, 0.05) is 81.3 Å². The number of phenolic OH excluding ortho intramolecular Hbond substituents is 1. The molecule has 4 aliphatic rings. The van der Waals surface area contributed by atoms with Crippen molar-refractivity contribution >= 4 is 46.5 Å². The Balaban J connectivity index is 0.779. The molecule has 6 atom stereocenters. The Kier molecular flexibility index (Phi) is 12.6. The molecule has 66 heavy (non-hydrogen) atoms. The number of aliphatic hydroxyl groups is 1. The minimum atomic E-state index is -0.902. The van der Waals surface area contributed by atoms with Gasteiger partial charge in [-0.2, -0.15) is 0 Å². The quantitative estimate of drug-likeness (QED) is 0.119. The maximum atomic E-state index is 14.3. The summed E-state index contributed by atoms with van der Waals surface area (Å²) in [5.41, 5.74) is 13.4. The Labute approximate surface area is 388 Å². The van der Waals surface area contributed by atoms with E-state index in [1.54, 1.807) is 23.5 Å². The molecule has 4 aliphatic heterocycles. The number of para-hydroxylation sites is 1. The molecule has 3 amide bonds. The normalized spacial score (nSPS) is 22.4. The predicted octanol–water partition coefficient (Wildman–Crippen LogP) is 4.14. The molecule has 0 spiro atoms. The van der Waals surface area contributed by atoms with Gasteiger partial charge in [0.2, 0.25) is 23.7 Å². The Morgan fingerprint density at radius 1 is 0.909 bits per heavy atom. The van der Waals surface area contributed by atoms with Crippen LogP contribution in [0.15, 0.2) is 72.5 Å². The van der Waals surface area contributed by atoms with Gasteiger partial charge in [-0.05, 0) is 67.5 Å². The Hall–Kier alpha value is -6.24. The first kappa shape index (κ1) is 44.9. The summed E-state index contributed by atoms with van der Waals surface area (Å²) in [6.45, 7) is 11.2. The third-order valence-electron chi connectivity index (χ3n) is 13.5. The first-order valence-corrected chi connectivity index (χ1v) is 23.6. The number of carbonyl (C=O) groups is 3. The monoisotopic (exact) mass is 914 g/mol. The van der Waals surface area contributed by atoms with Crippen LogP contribution in [0, 0.1) is 18.3 Å². The summed E-state index contributed by atoms with van der Waals surface area (Å²) in [4.78, 5) is 65.1. The summed E-state index contributed by atoms with van der Waals surface area (Å²) in [6, 6.07) is 15.5. The van der Waals surface area contributed by atoms with Gasteiger partial charge in [-0.15, -0.1) is 21.5 Å². The van der Waals surface area contributed by atoms with Crippen LogP contribution >= 0.6 is 11.3 Å². The molecule has 4 saturated heterocycles. The standard InChI is InChI=1S/C48H58N12O5S/c1-28-41(66-27-53-28)31-11-9-29(10-12-31)19-50-45(64)39-17-35(61)26-59(39)46(65)42(48(2,3)4)54-44(63)32-15-16-57(23-32)22-30-20-51-47(52-21-30)60-33-13-14-34(60)25-58(24-33)38-18-37(55-56-43(38)49)36-7-5-6-8-40(36)62/h5-12,18,20-21,27,32-35,39,42,61-62H,13-17,19,22-26H2,1-4H3,(H2,49,56)(H,50,64)(H,54,63)/t32-,33?,34?,35-,39+,42-/m1/s1. The molecule has 6 N–H and O–H groups in total. The van der Waals surface area contributed by atoms with Crippen LogP contribution < -0.4 is 26.2 Å². The number of β-amino-alcohol motifs (C(OH)–C–C–N with tert-alkyl or cyclic N) is 1. The molecule has 5 aromatic rings. The summed E-state index contributed by atoms with van der Waals surface area (Å²) >= 11 is 1.58. The Morgan fingerprint density at radius 2 is 1.64 bits per heavy atom. The summed E-state index contributed by atoms with van der Waals surface area (Å²) < 4.78 is 0. The van der Waals surface area contributed by atoms with E-state index in [1.807, 2.05) is 88.1 Å². The molecule has 2 bridgehead atoms. The lowest BCUT2D eigenvalue weighted by atomic mass is 9.85. The molecule has 2 unspecified atom stereocenters. The van der Waals surface area contributed by atoms with Gasteiger partial charge in [-0.1, -0.05) is 57.2 Å². The summed E-state index contributed by atoms with van der Waals surface area (Å²) in [6.07, 6.45) is 5.64. The highest BCUT2D eigenvalue weighted by molar-refractivity contribution is 7.13. The minimum Gasteiger partial charge on any atom is -0.507 e. The molecule has 18 heteroatoms. The predicted molar refractivity (Wildman–Crippen MR) is 252 cm³/mol. The molecular formula is C48H58N12O5S. The molecule has 0 saturated carbocycles. The number of likely N-dealkylation sites (tertiary alicyclic amines) is 2. The van der Waals surface area contributed by atoms with Crippen molar-refractivity contribution in [3.63, 3.8) is 0 Å². The number of carbonyl (C=O) groups excluding carboxylic acids is 3. The fraction of sp³-hybridized carbons (Fsp3) is 0.458. The number of amides is 3. The number of nitrogen functional groups attached to an aromatic ring is 1. The van der Waals surface area contributed by atoms with E-state index in [0.717, 1.165) is 58.9 Å². The number of phenols is 1. The Bertz CT molecular complexity index is 2550. The Morgan fingerprint density at radius 3 is 2.32 bits per heavy atom. The van der Waals surface area contributed by atoms with Crippen LogP contribution in [0.3, 0.4) is 0 Å². The number of piperazine rings is 1. The average molecular weight is 915 g/mol. The summed E-state index contributed by atoms with van der Waals surface area (Å²) in [5, 5.41) is 35.7. The largest absolute Gasteiger partial charge is 0.507 e. The number of aromatic nitrogens is 5. The number of aryl methyl sites for hydroxylation is 1. The van der Waals surface area contributed by atoms with Gasteiger partial charge in [0.15, 0.2) is 5.82 Å². The third-order valence-corrected chi connectivity index (χ3v) is 14.4. The maximum absolute atomic E-state index is 14.3. The van der Waals surface area contributed by atoms with E-state index in [2.05, 4.69) is 40.5 Å². The van der Waals surface area contributed by atoms with Gasteiger partial charge in [-0.25, -0.2) is 15.0 Å². The highest BCUT2D eigenvalue weighted by Crippen LogP contribution is 2.38. The van der Waals surface area contributed by atoms with Crippen LogP contribution in [-0.4, -0.2) is 126 Å². The van der Waals surface area contributed by atoms with Crippen molar-refractivity contribution in [3.05, 3.63) is 89.3 Å². The van der Waals surface area contributed by atoms with Crippen LogP contribution in [0.4, 0.5) is 17.5 Å². The molecule has 9 rings (SSSR count). The van der Waals surface area contributed by atoms with E-state index in [-0.39, 0.29) is 61.0 Å². The average Bonchev–Trinajstić information content (AvgIpc) is 4.11. The van der Waals surface area contributed by atoms with E-state index in [0.29, 0.717) is 49.1 Å². The van der Waals surface area contributed by atoms with Crippen molar-refractivity contribution in [2.24, 2.45) is 11.3 Å². The number of hydrogen-bond donors (Lipinski definition) is 5. The molecule has 0 aliphatic carbocycles. The van der Waals surface area contributed by atoms with Crippen molar-refractivity contribution < 1.29 is 24.6 Å². The molecular weight excluding hydrogens is 857 g/mol. The maximum Gasteiger partial charge on any atom is 0.246 e. The number of rotatable bonds is 12. The van der Waals surface area contributed by atoms with E-state index in [9.17, 15) is 24.6 Å². The van der Waals surface area contributed by atoms with Crippen molar-refractivity contribution in [1.29, 1.82) is 0 Å². The van der Waals surface area contributed by atoms with Crippen LogP contribution in [0.25, 0.3) is 21.7 Å². The number of thiazole rings is 1. The second kappa shape index (κ2) is 18.6. The van der Waals surface area contributed by atoms with E-state index in [4.69, 9.17) is 15.7 Å². The third kappa shape index (κ3) is 9.39. The van der Waals surface area contributed by atoms with Gasteiger partial charge in [0.1, 0.15) is 17.8 Å². The van der Waals surface area contributed by atoms with E-state index in [1.165, 1.54) is 4.90 Å². The van der Waals surface area contributed by atoms with Crippen LogP contribution in [-0.2, 0) is 27.5 Å². The van der Waals surface area contributed by atoms with E-state index < -0.39 is 23.6 Å². The highest BCUT2D eigenvalue weighted by atomic mass is 32.1. The number of benzene rings is 2. The molecule has 4 fully saturated rings. The molecule has 3 aromatic heterocycles. The number of nitrogens with one attached hydrogen (secondary N) is 2. The zero-order valence-electron chi connectivity index (χ0n) is 37.8. The second-order valence-corrected chi connectivity index (χ2v) is 20.1.